The van der Waals surface area contributed by atoms with Gasteiger partial charge in [0.15, 0.2) is 0 Å². The Balaban J connectivity index is 1.83. The van der Waals surface area contributed by atoms with Crippen LogP contribution < -0.4 is 4.72 Å². The average molecular weight is 355 g/mol. The maximum Gasteiger partial charge on any atom is 0.261 e. The second-order valence-electron chi connectivity index (χ2n) is 5.98. The Kier molecular flexibility index (Phi) is 4.90. The van der Waals surface area contributed by atoms with E-state index in [9.17, 15) is 8.42 Å². The summed E-state index contributed by atoms with van der Waals surface area (Å²) in [7, 11) is -3.63. The van der Waals surface area contributed by atoms with Crippen LogP contribution in [0.15, 0.2) is 71.9 Å². The highest BCUT2D eigenvalue weighted by Gasteiger charge is 2.15. The van der Waals surface area contributed by atoms with E-state index < -0.39 is 10.0 Å². The Labute approximate surface area is 148 Å². The Hall–Kier alpha value is -2.60. The summed E-state index contributed by atoms with van der Waals surface area (Å²) in [5.41, 5.74) is 2.43. The number of nitrogens with zero attached hydrogens (tertiary/aromatic N) is 2. The molecule has 0 unspecified atom stereocenters. The van der Waals surface area contributed by atoms with Crippen molar-refractivity contribution in [2.75, 3.05) is 4.72 Å². The molecule has 3 aromatic rings. The molecule has 0 bridgehead atoms. The van der Waals surface area contributed by atoms with E-state index in [-0.39, 0.29) is 4.90 Å². The molecule has 1 aromatic heterocycles. The van der Waals surface area contributed by atoms with E-state index in [1.54, 1.807) is 47.4 Å². The molecule has 0 radical (unpaired) electrons. The lowest BCUT2D eigenvalue weighted by atomic mass is 9.99. The first kappa shape index (κ1) is 17.2. The fraction of sp³-hybridized carbons (Fsp3) is 0.211. The van der Waals surface area contributed by atoms with Gasteiger partial charge in [-0.05, 0) is 54.3 Å². The summed E-state index contributed by atoms with van der Waals surface area (Å²) in [6.07, 6.45) is 4.50. The number of hydrogen-bond acceptors (Lipinski definition) is 3. The maximum atomic E-state index is 12.6. The lowest BCUT2D eigenvalue weighted by Crippen LogP contribution is -2.13. The molecule has 0 aliphatic heterocycles. The first-order chi connectivity index (χ1) is 12.0. The van der Waals surface area contributed by atoms with Crippen LogP contribution in [0.3, 0.4) is 0 Å². The molecule has 0 saturated carbocycles. The summed E-state index contributed by atoms with van der Waals surface area (Å²) in [4.78, 5) is 0.254. The summed E-state index contributed by atoms with van der Waals surface area (Å²) in [5.74, 6) is 0.412. The van der Waals surface area contributed by atoms with Crippen molar-refractivity contribution < 1.29 is 8.42 Å². The number of anilines is 1. The number of rotatable bonds is 6. The van der Waals surface area contributed by atoms with Crippen molar-refractivity contribution in [3.8, 4) is 5.69 Å². The van der Waals surface area contributed by atoms with Gasteiger partial charge in [-0.2, -0.15) is 5.10 Å². The van der Waals surface area contributed by atoms with Gasteiger partial charge in [-0.25, -0.2) is 13.1 Å². The zero-order valence-corrected chi connectivity index (χ0v) is 15.1. The van der Waals surface area contributed by atoms with Crippen LogP contribution in [0, 0.1) is 0 Å². The van der Waals surface area contributed by atoms with Crippen LogP contribution in [0.25, 0.3) is 5.69 Å². The highest BCUT2D eigenvalue weighted by atomic mass is 32.2. The fourth-order valence-corrected chi connectivity index (χ4v) is 3.61. The zero-order valence-electron chi connectivity index (χ0n) is 14.3. The first-order valence-corrected chi connectivity index (χ1v) is 9.71. The SMILES string of the molecule is CC[C@@H](C)c1ccc(S(=O)(=O)Nc2cccc(-n3cccn3)c2)cc1. The Morgan fingerprint density at radius 1 is 1.12 bits per heavy atom. The second kappa shape index (κ2) is 7.11. The van der Waals surface area contributed by atoms with Gasteiger partial charge in [0.1, 0.15) is 0 Å². The predicted octanol–water partition coefficient (Wildman–Crippen LogP) is 4.19. The molecular formula is C19H21N3O2S. The Morgan fingerprint density at radius 3 is 2.52 bits per heavy atom. The van der Waals surface area contributed by atoms with E-state index in [1.165, 1.54) is 0 Å². The van der Waals surface area contributed by atoms with Crippen LogP contribution >= 0.6 is 0 Å². The lowest BCUT2D eigenvalue weighted by molar-refractivity contribution is 0.601. The van der Waals surface area contributed by atoms with Crippen LogP contribution in [-0.2, 0) is 10.0 Å². The van der Waals surface area contributed by atoms with Gasteiger partial charge in [-0.1, -0.05) is 32.0 Å². The van der Waals surface area contributed by atoms with E-state index in [2.05, 4.69) is 23.7 Å². The minimum absolute atomic E-state index is 0.254. The third kappa shape index (κ3) is 3.91. The molecule has 2 aromatic carbocycles. The molecule has 0 aliphatic rings. The predicted molar refractivity (Wildman–Crippen MR) is 99.5 cm³/mol. The van der Waals surface area contributed by atoms with Crippen molar-refractivity contribution in [2.24, 2.45) is 0 Å². The van der Waals surface area contributed by atoms with Gasteiger partial charge in [0.25, 0.3) is 10.0 Å². The third-order valence-corrected chi connectivity index (χ3v) is 5.64. The third-order valence-electron chi connectivity index (χ3n) is 4.24. The summed E-state index contributed by atoms with van der Waals surface area (Å²) >= 11 is 0. The van der Waals surface area contributed by atoms with Crippen LogP contribution in [0.5, 0.6) is 0 Å². The summed E-state index contributed by atoms with van der Waals surface area (Å²) in [6, 6.07) is 16.0. The van der Waals surface area contributed by atoms with E-state index in [0.29, 0.717) is 11.6 Å². The number of sulfonamides is 1. The molecule has 0 fully saturated rings. The van der Waals surface area contributed by atoms with Crippen LogP contribution in [-0.4, -0.2) is 18.2 Å². The lowest BCUT2D eigenvalue weighted by Gasteiger charge is -2.12. The maximum absolute atomic E-state index is 12.6. The van der Waals surface area contributed by atoms with Crippen molar-refractivity contribution in [3.05, 3.63) is 72.6 Å². The molecule has 5 nitrogen and oxygen atoms in total. The van der Waals surface area contributed by atoms with Gasteiger partial charge in [-0.15, -0.1) is 0 Å². The largest absolute Gasteiger partial charge is 0.280 e. The molecule has 6 heteroatoms. The van der Waals surface area contributed by atoms with Crippen LogP contribution in [0.4, 0.5) is 5.69 Å². The molecule has 1 N–H and O–H groups in total. The molecule has 1 atom stereocenters. The molecule has 130 valence electrons. The molecule has 0 spiro atoms. The second-order valence-corrected chi connectivity index (χ2v) is 7.67. The highest BCUT2D eigenvalue weighted by molar-refractivity contribution is 7.92. The van der Waals surface area contributed by atoms with Gasteiger partial charge in [0.05, 0.1) is 16.3 Å². The van der Waals surface area contributed by atoms with E-state index in [1.807, 2.05) is 24.3 Å². The first-order valence-electron chi connectivity index (χ1n) is 8.22. The molecule has 0 amide bonds. The van der Waals surface area contributed by atoms with Gasteiger partial charge in [0.2, 0.25) is 0 Å². The molecular weight excluding hydrogens is 334 g/mol. The summed E-state index contributed by atoms with van der Waals surface area (Å²) in [6.45, 7) is 4.24. The van der Waals surface area contributed by atoms with Crippen molar-refractivity contribution in [2.45, 2.75) is 31.1 Å². The molecule has 0 saturated heterocycles. The minimum atomic E-state index is -3.63. The van der Waals surface area contributed by atoms with Gasteiger partial charge >= 0.3 is 0 Å². The number of benzene rings is 2. The smallest absolute Gasteiger partial charge is 0.261 e. The number of nitrogens with one attached hydrogen (secondary N) is 1. The van der Waals surface area contributed by atoms with E-state index in [4.69, 9.17) is 0 Å². The molecule has 1 heterocycles. The number of hydrogen-bond donors (Lipinski definition) is 1. The van der Waals surface area contributed by atoms with Crippen LogP contribution in [0.1, 0.15) is 31.7 Å². The van der Waals surface area contributed by atoms with Crippen LogP contribution in [0.2, 0.25) is 0 Å². The van der Waals surface area contributed by atoms with E-state index in [0.717, 1.165) is 17.7 Å². The Bertz CT molecular complexity index is 933. The molecule has 0 aliphatic carbocycles. The van der Waals surface area contributed by atoms with Gasteiger partial charge in [-0.3, -0.25) is 4.72 Å². The monoisotopic (exact) mass is 355 g/mol. The van der Waals surface area contributed by atoms with Crippen molar-refractivity contribution in [1.82, 2.24) is 9.78 Å². The topological polar surface area (TPSA) is 64.0 Å². The molecule has 3 rings (SSSR count). The van der Waals surface area contributed by atoms with Gasteiger partial charge < -0.3 is 0 Å². The summed E-state index contributed by atoms with van der Waals surface area (Å²) in [5, 5.41) is 4.16. The fourth-order valence-electron chi connectivity index (χ4n) is 2.56. The quantitative estimate of drug-likeness (QED) is 0.721. The molecule has 25 heavy (non-hydrogen) atoms. The van der Waals surface area contributed by atoms with Gasteiger partial charge in [0, 0.05) is 12.4 Å². The standard InChI is InChI=1S/C19H21N3O2S/c1-3-15(2)16-8-10-19(11-9-16)25(23,24)21-17-6-4-7-18(14-17)22-13-5-12-20-22/h4-15,21H,3H2,1-2H3/t15-/m1/s1. The van der Waals surface area contributed by atoms with Crippen molar-refractivity contribution in [3.63, 3.8) is 0 Å². The highest BCUT2D eigenvalue weighted by Crippen LogP contribution is 2.22. The van der Waals surface area contributed by atoms with E-state index >= 15 is 0 Å². The Morgan fingerprint density at radius 2 is 1.88 bits per heavy atom. The van der Waals surface area contributed by atoms with Crippen molar-refractivity contribution >= 4 is 15.7 Å². The zero-order chi connectivity index (χ0) is 17.9. The van der Waals surface area contributed by atoms with Crippen molar-refractivity contribution in [1.29, 1.82) is 0 Å². The summed E-state index contributed by atoms with van der Waals surface area (Å²) < 4.78 is 29.5. The normalized spacial score (nSPS) is 12.7. The number of aromatic nitrogens is 2. The minimum Gasteiger partial charge on any atom is -0.280 e. The average Bonchev–Trinajstić information content (AvgIpc) is 3.16.